The van der Waals surface area contributed by atoms with Gasteiger partial charge in [0.25, 0.3) is 0 Å². The van der Waals surface area contributed by atoms with Gasteiger partial charge in [0.05, 0.1) is 13.2 Å². The summed E-state index contributed by atoms with van der Waals surface area (Å²) >= 11 is 0. The van der Waals surface area contributed by atoms with Crippen molar-refractivity contribution in [2.75, 3.05) is 19.8 Å². The van der Waals surface area contributed by atoms with Crippen LogP contribution < -0.4 is 0 Å². The van der Waals surface area contributed by atoms with Crippen molar-refractivity contribution in [3.63, 3.8) is 0 Å². The highest BCUT2D eigenvalue weighted by molar-refractivity contribution is 7.47. The summed E-state index contributed by atoms with van der Waals surface area (Å²) in [4.78, 5) is 34.7. The van der Waals surface area contributed by atoms with Gasteiger partial charge in [0.1, 0.15) is 6.61 Å². The molecule has 0 spiro atoms. The molecule has 0 saturated heterocycles. The van der Waals surface area contributed by atoms with Crippen LogP contribution >= 0.6 is 7.82 Å². The largest absolute Gasteiger partial charge is 0.472 e. The van der Waals surface area contributed by atoms with E-state index in [4.69, 9.17) is 18.5 Å². The van der Waals surface area contributed by atoms with Gasteiger partial charge in [0.15, 0.2) is 6.10 Å². The molecule has 0 bridgehead atoms. The van der Waals surface area contributed by atoms with Gasteiger partial charge in [-0.25, -0.2) is 4.57 Å². The van der Waals surface area contributed by atoms with Gasteiger partial charge in [0.2, 0.25) is 0 Å². The number of phosphoric acid groups is 1. The molecule has 296 valence electrons. The number of hydrogen-bond donors (Lipinski definition) is 1. The van der Waals surface area contributed by atoms with Gasteiger partial charge < -0.3 is 14.4 Å². The topological polar surface area (TPSA) is 108 Å². The Hall–Kier alpha value is -1.99. The van der Waals surface area contributed by atoms with E-state index in [0.717, 1.165) is 83.5 Å². The van der Waals surface area contributed by atoms with Crippen LogP contribution in [0.25, 0.3) is 0 Å². The SMILES string of the molecule is CC/C=C\C/C=C\C/C=C\C/C=C\CCCCCCCCC(=O)OC(COC(=O)CCCCCCCCCCCCCC)COP(=O)(O)OCC. The lowest BCUT2D eigenvalue weighted by Gasteiger charge is -2.19. The zero-order chi connectivity index (χ0) is 37.5. The Morgan fingerprint density at radius 2 is 1.00 bits per heavy atom. The molecule has 0 aromatic heterocycles. The van der Waals surface area contributed by atoms with Crippen molar-refractivity contribution in [1.82, 2.24) is 0 Å². The van der Waals surface area contributed by atoms with E-state index < -0.39 is 26.5 Å². The highest BCUT2D eigenvalue weighted by atomic mass is 31.2. The number of unbranched alkanes of at least 4 members (excludes halogenated alkanes) is 17. The highest BCUT2D eigenvalue weighted by Crippen LogP contribution is 2.43. The minimum atomic E-state index is -4.28. The van der Waals surface area contributed by atoms with E-state index in [9.17, 15) is 19.0 Å². The molecule has 2 unspecified atom stereocenters. The lowest BCUT2D eigenvalue weighted by molar-refractivity contribution is -0.161. The molecule has 0 aliphatic rings. The molecule has 2 atom stereocenters. The molecule has 8 nitrogen and oxygen atoms in total. The zero-order valence-corrected chi connectivity index (χ0v) is 33.6. The number of carbonyl (C=O) groups is 2. The standard InChI is InChI=1S/C42H75O8P/c1-4-7-9-11-13-15-17-19-20-21-22-23-24-25-27-29-31-33-35-37-42(44)50-40(39-49-51(45,46)48-6-3)38-47-41(43)36-34-32-30-28-26-18-16-14-12-10-8-5-2/h7,9,13,15,19-20,22-23,40H,4-6,8,10-12,14,16-18,21,24-39H2,1-3H3,(H,45,46)/b9-7-,15-13-,20-19-,23-22-. The number of phosphoric ester groups is 1. The van der Waals surface area contributed by atoms with Gasteiger partial charge in [-0.1, -0.05) is 159 Å². The Bertz CT molecular complexity index is 974. The smallest absolute Gasteiger partial charge is 0.462 e. The molecule has 0 aromatic carbocycles. The Morgan fingerprint density at radius 3 is 1.51 bits per heavy atom. The predicted molar refractivity (Wildman–Crippen MR) is 212 cm³/mol. The van der Waals surface area contributed by atoms with E-state index >= 15 is 0 Å². The van der Waals surface area contributed by atoms with Crippen LogP contribution in [0.1, 0.15) is 181 Å². The number of ether oxygens (including phenoxy) is 2. The van der Waals surface area contributed by atoms with E-state index in [1.54, 1.807) is 6.92 Å². The highest BCUT2D eigenvalue weighted by Gasteiger charge is 2.25. The Kier molecular flexibility index (Phi) is 36.3. The van der Waals surface area contributed by atoms with Crippen LogP contribution in [0.5, 0.6) is 0 Å². The molecule has 0 radical (unpaired) electrons. The minimum absolute atomic E-state index is 0.00327. The van der Waals surface area contributed by atoms with Gasteiger partial charge >= 0.3 is 19.8 Å². The second-order valence-electron chi connectivity index (χ2n) is 13.3. The van der Waals surface area contributed by atoms with Crippen molar-refractivity contribution in [1.29, 1.82) is 0 Å². The van der Waals surface area contributed by atoms with E-state index in [0.29, 0.717) is 12.8 Å². The van der Waals surface area contributed by atoms with Crippen LogP contribution in [0, 0.1) is 0 Å². The van der Waals surface area contributed by atoms with Crippen LogP contribution in [-0.2, 0) is 32.7 Å². The van der Waals surface area contributed by atoms with Gasteiger partial charge in [-0.2, -0.15) is 0 Å². The quantitative estimate of drug-likeness (QED) is 0.0290. The molecular weight excluding hydrogens is 663 g/mol. The monoisotopic (exact) mass is 739 g/mol. The first kappa shape index (κ1) is 49.0. The molecule has 9 heteroatoms. The fraction of sp³-hybridized carbons (Fsp3) is 0.762. The van der Waals surface area contributed by atoms with E-state index in [1.165, 1.54) is 57.8 Å². The molecule has 0 amide bonds. The maximum Gasteiger partial charge on any atom is 0.472 e. The first-order valence-corrected chi connectivity index (χ1v) is 21.9. The van der Waals surface area contributed by atoms with Crippen molar-refractivity contribution in [2.24, 2.45) is 0 Å². The number of carbonyl (C=O) groups excluding carboxylic acids is 2. The third kappa shape index (κ3) is 37.6. The Morgan fingerprint density at radius 1 is 0.549 bits per heavy atom. The summed E-state index contributed by atoms with van der Waals surface area (Å²) in [7, 11) is -4.28. The molecule has 1 N–H and O–H groups in total. The fourth-order valence-electron chi connectivity index (χ4n) is 5.44. The molecule has 51 heavy (non-hydrogen) atoms. The van der Waals surface area contributed by atoms with E-state index in [2.05, 4.69) is 62.5 Å². The van der Waals surface area contributed by atoms with Crippen molar-refractivity contribution in [3.8, 4) is 0 Å². The normalized spacial score (nSPS) is 13.9. The average Bonchev–Trinajstić information content (AvgIpc) is 3.10. The van der Waals surface area contributed by atoms with E-state index in [-0.39, 0.29) is 25.6 Å². The average molecular weight is 739 g/mol. The van der Waals surface area contributed by atoms with Gasteiger partial charge in [-0.3, -0.25) is 18.6 Å². The number of rotatable bonds is 37. The second-order valence-corrected chi connectivity index (χ2v) is 14.7. The summed E-state index contributed by atoms with van der Waals surface area (Å²) in [6.45, 7) is 5.33. The lowest BCUT2D eigenvalue weighted by Crippen LogP contribution is -2.29. The summed E-state index contributed by atoms with van der Waals surface area (Å²) in [6.07, 6.45) is 43.0. The van der Waals surface area contributed by atoms with Crippen molar-refractivity contribution >= 4 is 19.8 Å². The maximum atomic E-state index is 12.5. The molecule has 0 aliphatic carbocycles. The molecule has 0 saturated carbocycles. The third-order valence-electron chi connectivity index (χ3n) is 8.40. The second kappa shape index (κ2) is 37.8. The predicted octanol–water partition coefficient (Wildman–Crippen LogP) is 12.6. The van der Waals surface area contributed by atoms with E-state index in [1.807, 2.05) is 0 Å². The van der Waals surface area contributed by atoms with Gasteiger partial charge in [-0.05, 0) is 58.3 Å². The van der Waals surface area contributed by atoms with Crippen molar-refractivity contribution < 1.29 is 37.6 Å². The zero-order valence-electron chi connectivity index (χ0n) is 32.7. The van der Waals surface area contributed by atoms with Crippen LogP contribution in [-0.4, -0.2) is 42.8 Å². The number of allylic oxidation sites excluding steroid dienone is 8. The summed E-state index contributed by atoms with van der Waals surface area (Å²) < 4.78 is 32.6. The van der Waals surface area contributed by atoms with Crippen molar-refractivity contribution in [3.05, 3.63) is 48.6 Å². The fourth-order valence-corrected chi connectivity index (χ4v) is 6.20. The Balaban J connectivity index is 4.13. The first-order chi connectivity index (χ1) is 24.8. The summed E-state index contributed by atoms with van der Waals surface area (Å²) in [5.74, 6) is -0.814. The molecule has 0 aliphatic heterocycles. The number of hydrogen-bond acceptors (Lipinski definition) is 7. The lowest BCUT2D eigenvalue weighted by atomic mass is 10.0. The van der Waals surface area contributed by atoms with Gasteiger partial charge in [0, 0.05) is 12.8 Å². The molecule has 0 aromatic rings. The molecule has 0 fully saturated rings. The minimum Gasteiger partial charge on any atom is -0.462 e. The number of esters is 2. The molecule has 0 heterocycles. The molecular formula is C42H75O8P. The summed E-state index contributed by atoms with van der Waals surface area (Å²) in [6, 6.07) is 0. The summed E-state index contributed by atoms with van der Waals surface area (Å²) in [5.41, 5.74) is 0. The van der Waals surface area contributed by atoms with Crippen molar-refractivity contribution in [2.45, 2.75) is 187 Å². The Labute approximate surface area is 312 Å². The maximum absolute atomic E-state index is 12.5. The first-order valence-electron chi connectivity index (χ1n) is 20.4. The summed E-state index contributed by atoms with van der Waals surface area (Å²) in [5, 5.41) is 0. The van der Waals surface area contributed by atoms with Crippen LogP contribution in [0.2, 0.25) is 0 Å². The van der Waals surface area contributed by atoms with Crippen LogP contribution in [0.15, 0.2) is 48.6 Å². The molecule has 0 rings (SSSR count). The van der Waals surface area contributed by atoms with Gasteiger partial charge in [-0.15, -0.1) is 0 Å². The third-order valence-corrected chi connectivity index (χ3v) is 9.46. The van der Waals surface area contributed by atoms with Crippen LogP contribution in [0.3, 0.4) is 0 Å². The van der Waals surface area contributed by atoms with Crippen LogP contribution in [0.4, 0.5) is 0 Å².